The molecular weight excluding hydrogens is 599 g/mol. The lowest BCUT2D eigenvalue weighted by atomic mass is 9.71. The second-order valence-electron chi connectivity index (χ2n) is 11.4. The summed E-state index contributed by atoms with van der Waals surface area (Å²) in [4.78, 5) is 2.59. The van der Waals surface area contributed by atoms with Crippen LogP contribution in [0.4, 0.5) is 11.4 Å². The van der Waals surface area contributed by atoms with Crippen LogP contribution < -0.4 is 8.01 Å². The van der Waals surface area contributed by atoms with Gasteiger partial charge in [0.15, 0.2) is 0 Å². The van der Waals surface area contributed by atoms with Crippen molar-refractivity contribution in [3.05, 3.63) is 143 Å². The number of para-hydroxylation sites is 2. The van der Waals surface area contributed by atoms with Crippen LogP contribution in [0.5, 0.6) is 0 Å². The van der Waals surface area contributed by atoms with Crippen LogP contribution in [0.25, 0.3) is 0 Å². The molecule has 2 aliphatic rings. The number of likely N-dealkylation sites (N-methyl/N-ethyl adjacent to an activating group) is 1. The third-order valence-corrected chi connectivity index (χ3v) is 12.6. The molecule has 0 saturated heterocycles. The first-order valence-corrected chi connectivity index (χ1v) is 16.6. The maximum absolute atomic E-state index is 2.67. The SMILES string of the molecule is CCN1I=C(C=C2N(CC)c3ccccc3C2(C)Cc2ccccc2)C(C)(Cc2ccccc2)c2ccccc21. The van der Waals surface area contributed by atoms with Crippen LogP contribution in [0.2, 0.25) is 0 Å². The number of halogens is 1. The van der Waals surface area contributed by atoms with E-state index in [2.05, 4.69) is 151 Å². The van der Waals surface area contributed by atoms with Gasteiger partial charge in [0, 0.05) is 65.5 Å². The number of allylic oxidation sites excluding steroid dienone is 2. The maximum atomic E-state index is 2.67. The Morgan fingerprint density at radius 1 is 0.600 bits per heavy atom. The molecule has 2 atom stereocenters. The first-order valence-electron chi connectivity index (χ1n) is 14.5. The van der Waals surface area contributed by atoms with E-state index in [1.165, 1.54) is 39.3 Å². The lowest BCUT2D eigenvalue weighted by Crippen LogP contribution is -2.40. The standard InChI is InChI=1S/C37H39IN2/c1-5-39-32-23-15-13-21-30(32)37(4,27-29-19-11-8-12-20-29)35(39)25-34-36(3,26-28-17-9-7-10-18-28)31-22-14-16-24-33(31)40(6-2)38-34/h7-25H,5-6,26-27H2,1-4H3. The average Bonchev–Trinajstić information content (AvgIpc) is 3.22. The van der Waals surface area contributed by atoms with Crippen molar-refractivity contribution in [1.82, 2.24) is 0 Å². The smallest absolute Gasteiger partial charge is 0.0494 e. The van der Waals surface area contributed by atoms with Crippen LogP contribution >= 0.6 is 21.0 Å². The van der Waals surface area contributed by atoms with Crippen molar-refractivity contribution in [2.24, 2.45) is 0 Å². The number of hydrogen-bond acceptors (Lipinski definition) is 2. The summed E-state index contributed by atoms with van der Waals surface area (Å²) in [6.45, 7) is 11.6. The highest BCUT2D eigenvalue weighted by molar-refractivity contribution is 14.2. The van der Waals surface area contributed by atoms with Crippen LogP contribution in [0.3, 0.4) is 0 Å². The summed E-state index contributed by atoms with van der Waals surface area (Å²) in [7, 11) is 0. The molecule has 2 nitrogen and oxygen atoms in total. The van der Waals surface area contributed by atoms with Crippen molar-refractivity contribution in [2.45, 2.75) is 51.4 Å². The van der Waals surface area contributed by atoms with E-state index in [1.54, 1.807) is 3.51 Å². The first-order chi connectivity index (χ1) is 19.5. The summed E-state index contributed by atoms with van der Waals surface area (Å²) in [5.74, 6) is 0. The fourth-order valence-corrected chi connectivity index (χ4v) is 9.85. The molecule has 4 aromatic carbocycles. The van der Waals surface area contributed by atoms with E-state index >= 15 is 0 Å². The maximum Gasteiger partial charge on any atom is 0.0494 e. The molecule has 2 heterocycles. The molecule has 0 bridgehead atoms. The predicted octanol–water partition coefficient (Wildman–Crippen LogP) is 9.01. The molecule has 0 spiro atoms. The molecule has 40 heavy (non-hydrogen) atoms. The normalized spacial score (nSPS) is 22.9. The Hall–Kier alpha value is -3.18. The molecule has 204 valence electrons. The Morgan fingerprint density at radius 2 is 1.10 bits per heavy atom. The second-order valence-corrected chi connectivity index (χ2v) is 14.2. The fraction of sp³-hybridized carbons (Fsp3) is 0.270. The van der Waals surface area contributed by atoms with Crippen LogP contribution in [-0.2, 0) is 23.7 Å². The van der Waals surface area contributed by atoms with Gasteiger partial charge in [0.05, 0.1) is 0 Å². The Labute approximate surface area is 250 Å². The Kier molecular flexibility index (Phi) is 7.43. The van der Waals surface area contributed by atoms with E-state index in [0.29, 0.717) is 0 Å². The summed E-state index contributed by atoms with van der Waals surface area (Å²) in [6.07, 6.45) is 4.65. The lowest BCUT2D eigenvalue weighted by Gasteiger charge is -2.41. The van der Waals surface area contributed by atoms with Gasteiger partial charge in [0.1, 0.15) is 0 Å². The third-order valence-electron chi connectivity index (χ3n) is 8.78. The van der Waals surface area contributed by atoms with Crippen LogP contribution in [-0.4, -0.2) is 16.6 Å². The zero-order chi connectivity index (χ0) is 27.7. The number of nitrogens with zero attached hydrogens (tertiary/aromatic N) is 2. The van der Waals surface area contributed by atoms with Crippen LogP contribution in [0.15, 0.2) is 121 Å². The van der Waals surface area contributed by atoms with Crippen molar-refractivity contribution in [3.63, 3.8) is 0 Å². The third kappa shape index (κ3) is 4.62. The van der Waals surface area contributed by atoms with E-state index in [4.69, 9.17) is 0 Å². The molecule has 0 saturated carbocycles. The summed E-state index contributed by atoms with van der Waals surface area (Å²) >= 11 is -0.370. The van der Waals surface area contributed by atoms with E-state index in [-0.39, 0.29) is 31.8 Å². The second kappa shape index (κ2) is 11.0. The molecular formula is C37H39IN2. The quantitative estimate of drug-likeness (QED) is 0.147. The highest BCUT2D eigenvalue weighted by Crippen LogP contribution is 2.52. The van der Waals surface area contributed by atoms with Gasteiger partial charge in [0.25, 0.3) is 0 Å². The van der Waals surface area contributed by atoms with Gasteiger partial charge in [-0.15, -0.1) is 0 Å². The van der Waals surface area contributed by atoms with Gasteiger partial charge in [-0.2, -0.15) is 0 Å². The Bertz CT molecular complexity index is 1560. The molecule has 0 aliphatic carbocycles. The molecule has 0 aromatic heterocycles. The lowest BCUT2D eigenvalue weighted by molar-refractivity contribution is 0.563. The zero-order valence-corrected chi connectivity index (χ0v) is 26.2. The summed E-state index contributed by atoms with van der Waals surface area (Å²) in [5.41, 5.74) is 9.76. The Balaban J connectivity index is 1.55. The predicted molar refractivity (Wildman–Crippen MR) is 181 cm³/mol. The van der Waals surface area contributed by atoms with Gasteiger partial charge in [-0.3, -0.25) is 0 Å². The van der Waals surface area contributed by atoms with Gasteiger partial charge >= 0.3 is 0 Å². The van der Waals surface area contributed by atoms with Gasteiger partial charge in [-0.25, -0.2) is 0 Å². The Morgan fingerprint density at radius 3 is 1.68 bits per heavy atom. The largest absolute Gasteiger partial charge is 0.344 e. The van der Waals surface area contributed by atoms with E-state index < -0.39 is 0 Å². The van der Waals surface area contributed by atoms with Gasteiger partial charge in [0.2, 0.25) is 0 Å². The fourth-order valence-electron chi connectivity index (χ4n) is 6.76. The minimum atomic E-state index is -0.370. The van der Waals surface area contributed by atoms with Crippen LogP contribution in [0, 0.1) is 0 Å². The molecule has 2 unspecified atom stereocenters. The van der Waals surface area contributed by atoms with Gasteiger partial charge in [-0.05, 0) is 74.1 Å². The highest BCUT2D eigenvalue weighted by atomic mass is 127. The number of rotatable bonds is 7. The van der Waals surface area contributed by atoms with Crippen molar-refractivity contribution in [3.8, 4) is 0 Å². The molecule has 3 heteroatoms. The molecule has 0 fully saturated rings. The number of anilines is 2. The molecule has 0 N–H and O–H groups in total. The average molecular weight is 639 g/mol. The van der Waals surface area contributed by atoms with Crippen molar-refractivity contribution >= 4 is 35.9 Å². The first kappa shape index (κ1) is 27.0. The van der Waals surface area contributed by atoms with E-state index in [1.807, 2.05) is 0 Å². The van der Waals surface area contributed by atoms with E-state index in [0.717, 1.165) is 25.9 Å². The van der Waals surface area contributed by atoms with Crippen molar-refractivity contribution in [2.75, 3.05) is 21.1 Å². The van der Waals surface area contributed by atoms with Crippen molar-refractivity contribution in [1.29, 1.82) is 0 Å². The van der Waals surface area contributed by atoms with Gasteiger partial charge in [-0.1, -0.05) is 104 Å². The summed E-state index contributed by atoms with van der Waals surface area (Å²) in [5, 5.41) is 0. The molecule has 4 aromatic rings. The minimum Gasteiger partial charge on any atom is -0.344 e. The number of fused-ring (bicyclic) bond motifs is 2. The molecule has 6 rings (SSSR count). The van der Waals surface area contributed by atoms with Crippen LogP contribution in [0.1, 0.15) is 49.9 Å². The molecule has 2 aliphatic heterocycles. The summed E-state index contributed by atoms with van der Waals surface area (Å²) in [6, 6.07) is 40.4. The van der Waals surface area contributed by atoms with E-state index in [9.17, 15) is 0 Å². The monoisotopic (exact) mass is 638 g/mol. The zero-order valence-electron chi connectivity index (χ0n) is 24.1. The minimum absolute atomic E-state index is 0.0638. The molecule has 0 amide bonds. The number of benzene rings is 4. The van der Waals surface area contributed by atoms with Gasteiger partial charge < -0.3 is 8.01 Å². The topological polar surface area (TPSA) is 6.48 Å². The number of hydrogen-bond donors (Lipinski definition) is 0. The summed E-state index contributed by atoms with van der Waals surface area (Å²) < 4.78 is 4.27. The highest BCUT2D eigenvalue weighted by Gasteiger charge is 2.45. The molecule has 0 radical (unpaired) electrons. The van der Waals surface area contributed by atoms with Crippen molar-refractivity contribution < 1.29 is 0 Å².